The van der Waals surface area contributed by atoms with Crippen LogP contribution in [0.15, 0.2) is 65.6 Å². The highest BCUT2D eigenvalue weighted by Gasteiger charge is 2.31. The number of benzene rings is 3. The van der Waals surface area contributed by atoms with Crippen molar-refractivity contribution in [3.05, 3.63) is 93.0 Å². The van der Waals surface area contributed by atoms with Crippen molar-refractivity contribution in [2.24, 2.45) is 5.92 Å². The first kappa shape index (κ1) is 29.9. The van der Waals surface area contributed by atoms with Gasteiger partial charge in [-0.15, -0.1) is 12.4 Å². The molecule has 3 aromatic carbocycles. The first-order valence-electron chi connectivity index (χ1n) is 11.6. The maximum absolute atomic E-state index is 13.5. The number of fused-ring (bicyclic) bond motifs is 1. The number of carbonyl (C=O) groups excluding carboxylic acids is 2. The van der Waals surface area contributed by atoms with Crippen LogP contribution in [-0.4, -0.2) is 33.1 Å². The molecular formula is C27H27Cl3N2O5S. The lowest BCUT2D eigenvalue weighted by Crippen LogP contribution is -2.33. The molecule has 1 aliphatic rings. The van der Waals surface area contributed by atoms with Crippen LogP contribution in [0.25, 0.3) is 0 Å². The molecular weight excluding hydrogens is 571 g/mol. The number of ether oxygens (including phenoxy) is 1. The second-order valence-electron chi connectivity index (χ2n) is 8.87. The Labute approximate surface area is 238 Å². The van der Waals surface area contributed by atoms with Crippen molar-refractivity contribution in [3.8, 4) is 0 Å². The minimum absolute atomic E-state index is 0. The first-order chi connectivity index (χ1) is 17.6. The summed E-state index contributed by atoms with van der Waals surface area (Å²) in [5.41, 5.74) is 3.34. The lowest BCUT2D eigenvalue weighted by atomic mass is 9.97. The normalized spacial score (nSPS) is 13.6. The summed E-state index contributed by atoms with van der Waals surface area (Å²) in [5.74, 6) is -2.68. The van der Waals surface area contributed by atoms with E-state index in [1.54, 1.807) is 30.3 Å². The molecule has 1 amide bonds. The highest BCUT2D eigenvalue weighted by atomic mass is 35.5. The van der Waals surface area contributed by atoms with Gasteiger partial charge in [0.25, 0.3) is 0 Å². The summed E-state index contributed by atoms with van der Waals surface area (Å²) in [6.45, 7) is 1.35. The minimum Gasteiger partial charge on any atom is -0.460 e. The molecule has 1 atom stereocenters. The minimum atomic E-state index is -3.47. The molecule has 0 spiro atoms. The number of amides is 1. The number of rotatable bonds is 8. The fraction of sp³-hybridized carbons (Fsp3) is 0.259. The van der Waals surface area contributed by atoms with Crippen LogP contribution in [-0.2, 0) is 50.2 Å². The van der Waals surface area contributed by atoms with Gasteiger partial charge in [0.1, 0.15) is 12.5 Å². The number of nitrogens with one attached hydrogen (secondary N) is 2. The first-order valence-corrected chi connectivity index (χ1v) is 14.3. The van der Waals surface area contributed by atoms with Crippen LogP contribution in [0.3, 0.4) is 0 Å². The number of hydrogen-bond acceptors (Lipinski definition) is 6. The molecule has 1 heterocycles. The Morgan fingerprint density at radius 2 is 1.76 bits per heavy atom. The van der Waals surface area contributed by atoms with Gasteiger partial charge in [-0.05, 0) is 59.8 Å². The summed E-state index contributed by atoms with van der Waals surface area (Å²) in [6.07, 6.45) is 1.70. The van der Waals surface area contributed by atoms with Gasteiger partial charge < -0.3 is 15.4 Å². The lowest BCUT2D eigenvalue weighted by molar-refractivity contribution is -0.152. The zero-order chi connectivity index (χ0) is 26.6. The molecule has 0 aliphatic carbocycles. The Morgan fingerprint density at radius 3 is 2.47 bits per heavy atom. The maximum atomic E-state index is 13.5. The van der Waals surface area contributed by atoms with Gasteiger partial charge in [-0.25, -0.2) is 8.42 Å². The topological polar surface area (TPSA) is 102 Å². The zero-order valence-electron chi connectivity index (χ0n) is 20.5. The summed E-state index contributed by atoms with van der Waals surface area (Å²) in [4.78, 5) is 26.7. The maximum Gasteiger partial charge on any atom is 0.319 e. The third-order valence-corrected chi connectivity index (χ3v) is 7.94. The highest BCUT2D eigenvalue weighted by molar-refractivity contribution is 7.90. The Morgan fingerprint density at radius 1 is 1.05 bits per heavy atom. The Balaban J connectivity index is 0.00000400. The van der Waals surface area contributed by atoms with Crippen LogP contribution in [0.5, 0.6) is 0 Å². The molecule has 202 valence electrons. The fourth-order valence-corrected chi connectivity index (χ4v) is 5.53. The summed E-state index contributed by atoms with van der Waals surface area (Å²) in [6, 6.07) is 17.0. The number of anilines is 1. The van der Waals surface area contributed by atoms with Crippen LogP contribution >= 0.6 is 35.6 Å². The van der Waals surface area contributed by atoms with Crippen molar-refractivity contribution in [3.63, 3.8) is 0 Å². The van der Waals surface area contributed by atoms with E-state index in [1.807, 2.05) is 18.2 Å². The molecule has 1 aliphatic heterocycles. The molecule has 0 aromatic heterocycles. The van der Waals surface area contributed by atoms with Crippen LogP contribution in [0, 0.1) is 5.92 Å². The van der Waals surface area contributed by atoms with E-state index < -0.39 is 27.6 Å². The number of sulfone groups is 1. The second kappa shape index (κ2) is 13.0. The molecule has 7 nitrogen and oxygen atoms in total. The average Bonchev–Trinajstić information content (AvgIpc) is 2.88. The van der Waals surface area contributed by atoms with Crippen LogP contribution in [0.4, 0.5) is 5.69 Å². The fourth-order valence-electron chi connectivity index (χ4n) is 4.15. The molecule has 0 saturated carbocycles. The highest BCUT2D eigenvalue weighted by Crippen LogP contribution is 2.37. The van der Waals surface area contributed by atoms with E-state index in [-0.39, 0.29) is 41.0 Å². The third kappa shape index (κ3) is 7.27. The second-order valence-corrected chi connectivity index (χ2v) is 11.7. The third-order valence-electron chi connectivity index (χ3n) is 6.12. The molecule has 0 unspecified atom stereocenters. The number of carbonyl (C=O) groups is 2. The zero-order valence-corrected chi connectivity index (χ0v) is 23.6. The molecule has 0 bridgehead atoms. The van der Waals surface area contributed by atoms with Gasteiger partial charge in [-0.2, -0.15) is 0 Å². The monoisotopic (exact) mass is 596 g/mol. The molecule has 11 heteroatoms. The smallest absolute Gasteiger partial charge is 0.319 e. The van der Waals surface area contributed by atoms with Gasteiger partial charge in [0.15, 0.2) is 9.84 Å². The van der Waals surface area contributed by atoms with E-state index in [0.717, 1.165) is 29.5 Å². The van der Waals surface area contributed by atoms with Crippen molar-refractivity contribution >= 4 is 63.0 Å². The number of esters is 1. The van der Waals surface area contributed by atoms with Gasteiger partial charge in [0, 0.05) is 12.8 Å². The van der Waals surface area contributed by atoms with E-state index in [1.165, 1.54) is 12.1 Å². The van der Waals surface area contributed by atoms with Gasteiger partial charge in [-0.1, -0.05) is 65.7 Å². The van der Waals surface area contributed by atoms with Crippen molar-refractivity contribution < 1.29 is 22.7 Å². The van der Waals surface area contributed by atoms with Gasteiger partial charge >= 0.3 is 5.97 Å². The predicted molar refractivity (Wildman–Crippen MR) is 151 cm³/mol. The molecule has 38 heavy (non-hydrogen) atoms. The number of hydrogen-bond donors (Lipinski definition) is 2. The molecule has 2 N–H and O–H groups in total. The standard InChI is InChI=1S/C27H26Cl2N2O5S.ClH/c1-37(34,35)20-9-5-8-18(12-20)13-22(27(33)36-16-17-6-3-2-4-7-17)26(32)31-25-23(28)14-19-15-30-11-10-21(19)24(25)29;/h2-9,12,14,22,30H,10-11,13,15-16H2,1H3,(H,31,32);1H/t22-;/m0./s1. The van der Waals surface area contributed by atoms with Gasteiger partial charge in [0.05, 0.1) is 20.6 Å². The summed E-state index contributed by atoms with van der Waals surface area (Å²) in [7, 11) is -3.47. The Hall–Kier alpha value is -2.62. The van der Waals surface area contributed by atoms with Crippen LogP contribution < -0.4 is 10.6 Å². The molecule has 0 fully saturated rings. The summed E-state index contributed by atoms with van der Waals surface area (Å²) >= 11 is 13.1. The van der Waals surface area contributed by atoms with E-state index in [0.29, 0.717) is 23.6 Å². The Kier molecular flexibility index (Phi) is 10.2. The van der Waals surface area contributed by atoms with Gasteiger partial charge in [-0.3, -0.25) is 9.59 Å². The quantitative estimate of drug-likeness (QED) is 0.280. The summed E-state index contributed by atoms with van der Waals surface area (Å²) < 4.78 is 29.5. The molecule has 0 radical (unpaired) electrons. The summed E-state index contributed by atoms with van der Waals surface area (Å²) in [5, 5.41) is 6.58. The van der Waals surface area contributed by atoms with Crippen LogP contribution in [0.1, 0.15) is 22.3 Å². The van der Waals surface area contributed by atoms with E-state index in [9.17, 15) is 18.0 Å². The van der Waals surface area contributed by atoms with E-state index in [4.69, 9.17) is 27.9 Å². The van der Waals surface area contributed by atoms with E-state index in [2.05, 4.69) is 10.6 Å². The largest absolute Gasteiger partial charge is 0.460 e. The van der Waals surface area contributed by atoms with Crippen molar-refractivity contribution in [2.45, 2.75) is 30.9 Å². The van der Waals surface area contributed by atoms with Gasteiger partial charge in [0.2, 0.25) is 5.91 Å². The van der Waals surface area contributed by atoms with Crippen LogP contribution in [0.2, 0.25) is 10.0 Å². The average molecular weight is 598 g/mol. The van der Waals surface area contributed by atoms with Crippen molar-refractivity contribution in [1.82, 2.24) is 5.32 Å². The van der Waals surface area contributed by atoms with Crippen molar-refractivity contribution in [2.75, 3.05) is 18.1 Å². The lowest BCUT2D eigenvalue weighted by Gasteiger charge is -2.23. The molecule has 0 saturated heterocycles. The SMILES string of the molecule is CS(=O)(=O)c1cccc(C[C@@H](C(=O)Nc2c(Cl)cc3c(c2Cl)CCNC3)C(=O)OCc2ccccc2)c1.Cl. The van der Waals surface area contributed by atoms with Crippen molar-refractivity contribution in [1.29, 1.82) is 0 Å². The van der Waals surface area contributed by atoms with E-state index >= 15 is 0 Å². The predicted octanol–water partition coefficient (Wildman–Crippen LogP) is 5.01. The molecule has 3 aromatic rings. The number of halogens is 3. The molecule has 4 rings (SSSR count). The Bertz CT molecular complexity index is 1430.